The Bertz CT molecular complexity index is 429. The van der Waals surface area contributed by atoms with Gasteiger partial charge in [0.2, 0.25) is 0 Å². The number of anilines is 1. The predicted octanol–water partition coefficient (Wildman–Crippen LogP) is 0.957. The van der Waals surface area contributed by atoms with E-state index in [-0.39, 0.29) is 5.69 Å². The topological polar surface area (TPSA) is 89.6 Å². The van der Waals surface area contributed by atoms with Gasteiger partial charge in [-0.05, 0) is 12.1 Å². The lowest BCUT2D eigenvalue weighted by molar-refractivity contribution is 0.682. The van der Waals surface area contributed by atoms with Gasteiger partial charge in [-0.3, -0.25) is 4.72 Å². The summed E-state index contributed by atoms with van der Waals surface area (Å²) in [6, 6.07) is 4.91. The number of nitrogens with zero attached hydrogens (tertiary/aromatic N) is 2. The standard InChI is InChI=1S/C7H8N4OS/c1-13(9,12)11-7-3-2-6(4-8)10-5-7/h2-3,5H,1H3,(H2,9,11,12). The second-order valence-electron chi connectivity index (χ2n) is 2.49. The van der Waals surface area contributed by atoms with Crippen LogP contribution >= 0.6 is 0 Å². The summed E-state index contributed by atoms with van der Waals surface area (Å²) in [4.78, 5) is 3.75. The Labute approximate surface area is 76.5 Å². The van der Waals surface area contributed by atoms with Crippen molar-refractivity contribution in [1.82, 2.24) is 4.98 Å². The molecular formula is C7H8N4OS. The molecule has 6 heteroatoms. The first-order valence-corrected chi connectivity index (χ1v) is 5.35. The highest BCUT2D eigenvalue weighted by atomic mass is 32.2. The largest absolute Gasteiger partial charge is 0.298 e. The quantitative estimate of drug-likeness (QED) is 0.738. The Morgan fingerprint density at radius 3 is 2.77 bits per heavy atom. The Morgan fingerprint density at radius 2 is 2.38 bits per heavy atom. The minimum absolute atomic E-state index is 0.290. The fourth-order valence-corrected chi connectivity index (χ4v) is 1.32. The van der Waals surface area contributed by atoms with E-state index in [2.05, 4.69) is 9.71 Å². The summed E-state index contributed by atoms with van der Waals surface area (Å²) in [6.07, 6.45) is 2.64. The van der Waals surface area contributed by atoms with Crippen LogP contribution in [0, 0.1) is 16.1 Å². The highest BCUT2D eigenvalue weighted by Gasteiger charge is 1.98. The molecule has 0 saturated carbocycles. The molecule has 0 spiro atoms. The van der Waals surface area contributed by atoms with Crippen LogP contribution in [-0.2, 0) is 9.92 Å². The van der Waals surface area contributed by atoms with E-state index < -0.39 is 9.92 Å². The molecule has 0 aliphatic carbocycles. The number of rotatable bonds is 2. The van der Waals surface area contributed by atoms with Gasteiger partial charge in [0.05, 0.1) is 11.9 Å². The average molecular weight is 196 g/mol. The van der Waals surface area contributed by atoms with Gasteiger partial charge in [0, 0.05) is 6.26 Å². The molecule has 0 bridgehead atoms. The monoisotopic (exact) mass is 196 g/mol. The van der Waals surface area contributed by atoms with Crippen molar-refractivity contribution in [3.8, 4) is 6.07 Å². The number of hydrogen-bond acceptors (Lipinski definition) is 4. The van der Waals surface area contributed by atoms with Crippen LogP contribution in [0.15, 0.2) is 18.3 Å². The minimum Gasteiger partial charge on any atom is -0.298 e. The highest BCUT2D eigenvalue weighted by Crippen LogP contribution is 2.06. The van der Waals surface area contributed by atoms with Crippen LogP contribution in [0.4, 0.5) is 5.69 Å². The summed E-state index contributed by atoms with van der Waals surface area (Å²) < 4.78 is 20.5. The molecule has 0 fully saturated rings. The van der Waals surface area contributed by atoms with Gasteiger partial charge in [-0.25, -0.2) is 14.0 Å². The van der Waals surface area contributed by atoms with E-state index in [1.165, 1.54) is 18.5 Å². The molecule has 13 heavy (non-hydrogen) atoms. The molecule has 1 aromatic heterocycles. The van der Waals surface area contributed by atoms with Crippen molar-refractivity contribution >= 4 is 15.6 Å². The van der Waals surface area contributed by atoms with Crippen LogP contribution in [0.25, 0.3) is 0 Å². The van der Waals surface area contributed by atoms with Gasteiger partial charge in [-0.2, -0.15) is 5.26 Å². The van der Waals surface area contributed by atoms with Crippen molar-refractivity contribution in [3.63, 3.8) is 0 Å². The Morgan fingerprint density at radius 1 is 1.69 bits per heavy atom. The summed E-state index contributed by atoms with van der Waals surface area (Å²) in [7, 11) is -2.77. The second kappa shape index (κ2) is 3.41. The van der Waals surface area contributed by atoms with E-state index in [1.807, 2.05) is 6.07 Å². The molecule has 0 radical (unpaired) electrons. The number of hydrogen-bond donors (Lipinski definition) is 2. The summed E-state index contributed by atoms with van der Waals surface area (Å²) >= 11 is 0. The van der Waals surface area contributed by atoms with Crippen LogP contribution in [0.3, 0.4) is 0 Å². The molecular weight excluding hydrogens is 188 g/mol. The maximum Gasteiger partial charge on any atom is 0.140 e. The van der Waals surface area contributed by atoms with Gasteiger partial charge in [0.1, 0.15) is 21.7 Å². The molecule has 0 aliphatic heterocycles. The molecule has 0 aromatic carbocycles. The van der Waals surface area contributed by atoms with Crippen molar-refractivity contribution in [2.24, 2.45) is 0 Å². The van der Waals surface area contributed by atoms with Crippen molar-refractivity contribution < 1.29 is 4.21 Å². The maximum atomic E-state index is 11.0. The SMILES string of the molecule is CS(=N)(=O)Nc1ccc(C#N)nc1. The smallest absolute Gasteiger partial charge is 0.140 e. The van der Waals surface area contributed by atoms with E-state index in [4.69, 9.17) is 10.0 Å². The lowest BCUT2D eigenvalue weighted by Gasteiger charge is -2.04. The fourth-order valence-electron chi connectivity index (χ4n) is 0.745. The van der Waals surface area contributed by atoms with E-state index in [9.17, 15) is 4.21 Å². The van der Waals surface area contributed by atoms with Gasteiger partial charge < -0.3 is 0 Å². The molecule has 68 valence electrons. The minimum atomic E-state index is -2.77. The first kappa shape index (κ1) is 9.48. The van der Waals surface area contributed by atoms with Gasteiger partial charge in [0.15, 0.2) is 0 Å². The molecule has 1 heterocycles. The van der Waals surface area contributed by atoms with Gasteiger partial charge in [-0.15, -0.1) is 0 Å². The Kier molecular flexibility index (Phi) is 2.49. The van der Waals surface area contributed by atoms with E-state index >= 15 is 0 Å². The van der Waals surface area contributed by atoms with Gasteiger partial charge in [-0.1, -0.05) is 0 Å². The molecule has 5 nitrogen and oxygen atoms in total. The zero-order chi connectivity index (χ0) is 9.90. The summed E-state index contributed by atoms with van der Waals surface area (Å²) in [6.45, 7) is 0. The molecule has 1 atom stereocenters. The van der Waals surface area contributed by atoms with Gasteiger partial charge >= 0.3 is 0 Å². The van der Waals surface area contributed by atoms with Crippen molar-refractivity contribution in [2.75, 3.05) is 11.0 Å². The first-order chi connectivity index (χ1) is 6.01. The zero-order valence-electron chi connectivity index (χ0n) is 6.94. The lowest BCUT2D eigenvalue weighted by atomic mass is 10.3. The van der Waals surface area contributed by atoms with Crippen LogP contribution < -0.4 is 4.72 Å². The summed E-state index contributed by atoms with van der Waals surface area (Å²) in [5.41, 5.74) is 0.764. The summed E-state index contributed by atoms with van der Waals surface area (Å²) in [5, 5.41) is 8.43. The fraction of sp³-hybridized carbons (Fsp3) is 0.143. The van der Waals surface area contributed by atoms with Crippen LogP contribution in [0.1, 0.15) is 5.69 Å². The normalized spacial score (nSPS) is 14.2. The number of aromatic nitrogens is 1. The molecule has 1 rings (SSSR count). The third kappa shape index (κ3) is 3.09. The third-order valence-electron chi connectivity index (χ3n) is 1.19. The number of nitrogens with one attached hydrogen (secondary N) is 2. The number of pyridine rings is 1. The summed E-state index contributed by atoms with van der Waals surface area (Å²) in [5.74, 6) is 0. The Hall–Kier alpha value is -1.61. The maximum absolute atomic E-state index is 11.0. The number of nitriles is 1. The Balaban J connectivity index is 2.89. The van der Waals surface area contributed by atoms with Crippen molar-refractivity contribution in [2.45, 2.75) is 0 Å². The van der Waals surface area contributed by atoms with Crippen LogP contribution in [0.2, 0.25) is 0 Å². The molecule has 0 aliphatic rings. The van der Waals surface area contributed by atoms with Crippen LogP contribution in [-0.4, -0.2) is 15.4 Å². The average Bonchev–Trinajstić information content (AvgIpc) is 2.03. The highest BCUT2D eigenvalue weighted by molar-refractivity contribution is 7.93. The molecule has 0 amide bonds. The first-order valence-electron chi connectivity index (χ1n) is 3.39. The predicted molar refractivity (Wildman–Crippen MR) is 49.4 cm³/mol. The van der Waals surface area contributed by atoms with E-state index in [0.29, 0.717) is 5.69 Å². The zero-order valence-corrected chi connectivity index (χ0v) is 7.76. The molecule has 1 unspecified atom stereocenters. The van der Waals surface area contributed by atoms with Gasteiger partial charge in [0.25, 0.3) is 0 Å². The van der Waals surface area contributed by atoms with E-state index in [1.54, 1.807) is 6.07 Å². The van der Waals surface area contributed by atoms with Crippen LogP contribution in [0.5, 0.6) is 0 Å². The van der Waals surface area contributed by atoms with Crippen molar-refractivity contribution in [1.29, 1.82) is 10.0 Å². The molecule has 1 aromatic rings. The van der Waals surface area contributed by atoms with Crippen molar-refractivity contribution in [3.05, 3.63) is 24.0 Å². The molecule has 0 saturated heterocycles. The third-order valence-corrected chi connectivity index (χ3v) is 1.82. The second-order valence-corrected chi connectivity index (χ2v) is 4.38. The molecule has 2 N–H and O–H groups in total. The van der Waals surface area contributed by atoms with E-state index in [0.717, 1.165) is 0 Å². The lowest BCUT2D eigenvalue weighted by Crippen LogP contribution is -2.07.